The van der Waals surface area contributed by atoms with Gasteiger partial charge in [-0.05, 0) is 35.9 Å². The van der Waals surface area contributed by atoms with Crippen molar-refractivity contribution in [2.24, 2.45) is 0 Å². The molecule has 2 aromatic carbocycles. The van der Waals surface area contributed by atoms with Crippen LogP contribution < -0.4 is 0 Å². The first-order valence-electron chi connectivity index (χ1n) is 8.03. The first-order chi connectivity index (χ1) is 13.0. The standard InChI is InChI=1S/C20H12BrN3O3/c21-15-4-1-12(2-5-15)10-24-11-14(9-22)16-7-13(3-6-18(16)24)19-8-17(20(25)26)23-27-19/h1-8,11H,10H2,(H,25,26). The quantitative estimate of drug-likeness (QED) is 0.516. The fourth-order valence-corrected chi connectivity index (χ4v) is 3.23. The Morgan fingerprint density at radius 1 is 1.22 bits per heavy atom. The molecule has 0 aliphatic heterocycles. The number of nitriles is 1. The zero-order chi connectivity index (χ0) is 19.0. The van der Waals surface area contributed by atoms with Gasteiger partial charge >= 0.3 is 5.97 Å². The summed E-state index contributed by atoms with van der Waals surface area (Å²) in [6, 6.07) is 17.1. The van der Waals surface area contributed by atoms with Crippen molar-refractivity contribution in [1.82, 2.24) is 9.72 Å². The van der Waals surface area contributed by atoms with Gasteiger partial charge < -0.3 is 14.2 Å². The van der Waals surface area contributed by atoms with Gasteiger partial charge in [-0.2, -0.15) is 5.26 Å². The summed E-state index contributed by atoms with van der Waals surface area (Å²) in [5.74, 6) is -0.803. The molecule has 0 saturated heterocycles. The van der Waals surface area contributed by atoms with Crippen LogP contribution in [-0.2, 0) is 6.54 Å². The lowest BCUT2D eigenvalue weighted by Crippen LogP contribution is -1.97. The molecular weight excluding hydrogens is 410 g/mol. The Labute approximate surface area is 162 Å². The third-order valence-electron chi connectivity index (χ3n) is 4.28. The average Bonchev–Trinajstić information content (AvgIpc) is 3.29. The average molecular weight is 422 g/mol. The molecule has 6 nitrogen and oxygen atoms in total. The van der Waals surface area contributed by atoms with E-state index in [9.17, 15) is 10.1 Å². The number of carbonyl (C=O) groups is 1. The summed E-state index contributed by atoms with van der Waals surface area (Å²) in [6.07, 6.45) is 1.82. The third kappa shape index (κ3) is 3.23. The van der Waals surface area contributed by atoms with Gasteiger partial charge in [0.2, 0.25) is 0 Å². The molecule has 132 valence electrons. The van der Waals surface area contributed by atoms with E-state index in [4.69, 9.17) is 9.63 Å². The van der Waals surface area contributed by atoms with Gasteiger partial charge in [0.25, 0.3) is 0 Å². The minimum absolute atomic E-state index is 0.154. The number of rotatable bonds is 4. The number of fused-ring (bicyclic) bond motifs is 1. The number of hydrogen-bond donors (Lipinski definition) is 1. The van der Waals surface area contributed by atoms with Crippen LogP contribution in [0.4, 0.5) is 0 Å². The van der Waals surface area contributed by atoms with E-state index in [2.05, 4.69) is 27.2 Å². The molecule has 0 radical (unpaired) electrons. The largest absolute Gasteiger partial charge is 0.476 e. The van der Waals surface area contributed by atoms with Crippen LogP contribution in [0.3, 0.4) is 0 Å². The maximum absolute atomic E-state index is 11.0. The molecular formula is C20H12BrN3O3. The Hall–Kier alpha value is -3.37. The van der Waals surface area contributed by atoms with Gasteiger partial charge in [0.1, 0.15) is 6.07 Å². The molecule has 2 aromatic heterocycles. The number of carboxylic acid groups (broad SMARTS) is 1. The van der Waals surface area contributed by atoms with Crippen LogP contribution in [0.1, 0.15) is 21.6 Å². The van der Waals surface area contributed by atoms with Crippen LogP contribution in [-0.4, -0.2) is 20.8 Å². The van der Waals surface area contributed by atoms with Gasteiger partial charge in [-0.1, -0.05) is 33.2 Å². The van der Waals surface area contributed by atoms with Crippen LogP contribution in [0, 0.1) is 11.3 Å². The minimum atomic E-state index is -1.15. The summed E-state index contributed by atoms with van der Waals surface area (Å²) in [6.45, 7) is 0.635. The number of halogens is 1. The number of nitrogens with zero attached hydrogens (tertiary/aromatic N) is 3. The van der Waals surface area contributed by atoms with Crippen molar-refractivity contribution in [1.29, 1.82) is 5.26 Å². The third-order valence-corrected chi connectivity index (χ3v) is 4.81. The van der Waals surface area contributed by atoms with Gasteiger partial charge in [-0.3, -0.25) is 0 Å². The molecule has 0 amide bonds. The lowest BCUT2D eigenvalue weighted by Gasteiger charge is -2.06. The molecule has 0 saturated carbocycles. The summed E-state index contributed by atoms with van der Waals surface area (Å²) >= 11 is 3.43. The van der Waals surface area contributed by atoms with Crippen molar-refractivity contribution in [2.45, 2.75) is 6.54 Å². The van der Waals surface area contributed by atoms with Crippen molar-refractivity contribution in [3.05, 3.63) is 76.0 Å². The van der Waals surface area contributed by atoms with E-state index in [1.54, 1.807) is 0 Å². The van der Waals surface area contributed by atoms with Gasteiger partial charge in [0.15, 0.2) is 11.5 Å². The predicted molar refractivity (Wildman–Crippen MR) is 102 cm³/mol. The molecule has 4 rings (SSSR count). The van der Waals surface area contributed by atoms with Gasteiger partial charge in [0, 0.05) is 39.7 Å². The highest BCUT2D eigenvalue weighted by atomic mass is 79.9. The summed E-state index contributed by atoms with van der Waals surface area (Å²) in [5, 5.41) is 22.8. The second kappa shape index (κ2) is 6.74. The van der Waals surface area contributed by atoms with Gasteiger partial charge in [0.05, 0.1) is 5.56 Å². The zero-order valence-corrected chi connectivity index (χ0v) is 15.5. The molecule has 0 spiro atoms. The molecule has 0 atom stereocenters. The molecule has 2 heterocycles. The topological polar surface area (TPSA) is 92.0 Å². The second-order valence-electron chi connectivity index (χ2n) is 6.02. The zero-order valence-electron chi connectivity index (χ0n) is 13.9. The Morgan fingerprint density at radius 2 is 2.00 bits per heavy atom. The van der Waals surface area contributed by atoms with Crippen molar-refractivity contribution < 1.29 is 14.4 Å². The summed E-state index contributed by atoms with van der Waals surface area (Å²) in [5.41, 5.74) is 3.09. The Bertz CT molecular complexity index is 1200. The number of aromatic carboxylic acids is 1. The molecule has 0 unspecified atom stereocenters. The normalized spacial score (nSPS) is 10.8. The Morgan fingerprint density at radius 3 is 2.67 bits per heavy atom. The SMILES string of the molecule is N#Cc1cn(Cc2ccc(Br)cc2)c2ccc(-c3cc(C(=O)O)no3)cc12. The van der Waals surface area contributed by atoms with Gasteiger partial charge in [-0.25, -0.2) is 4.79 Å². The molecule has 7 heteroatoms. The first-order valence-corrected chi connectivity index (χ1v) is 8.82. The Balaban J connectivity index is 1.76. The van der Waals surface area contributed by atoms with Crippen LogP contribution in [0.2, 0.25) is 0 Å². The van der Waals surface area contributed by atoms with Crippen LogP contribution >= 0.6 is 15.9 Å². The molecule has 1 N–H and O–H groups in total. The monoisotopic (exact) mass is 421 g/mol. The predicted octanol–water partition coefficient (Wildman–Crippen LogP) is 4.68. The van der Waals surface area contributed by atoms with Crippen molar-refractivity contribution in [2.75, 3.05) is 0 Å². The fourth-order valence-electron chi connectivity index (χ4n) is 2.97. The van der Waals surface area contributed by atoms with Crippen molar-refractivity contribution in [3.63, 3.8) is 0 Å². The van der Waals surface area contributed by atoms with Crippen LogP contribution in [0.5, 0.6) is 0 Å². The lowest BCUT2D eigenvalue weighted by atomic mass is 10.1. The van der Waals surface area contributed by atoms with E-state index in [0.717, 1.165) is 20.9 Å². The summed E-state index contributed by atoms with van der Waals surface area (Å²) in [7, 11) is 0. The summed E-state index contributed by atoms with van der Waals surface area (Å²) < 4.78 is 8.15. The summed E-state index contributed by atoms with van der Waals surface area (Å²) in [4.78, 5) is 11.0. The highest BCUT2D eigenvalue weighted by molar-refractivity contribution is 9.10. The first kappa shape index (κ1) is 17.1. The van der Waals surface area contributed by atoms with E-state index < -0.39 is 5.97 Å². The smallest absolute Gasteiger partial charge is 0.358 e. The lowest BCUT2D eigenvalue weighted by molar-refractivity contribution is 0.0686. The van der Waals surface area contributed by atoms with Crippen molar-refractivity contribution in [3.8, 4) is 17.4 Å². The van der Waals surface area contributed by atoms with Crippen LogP contribution in [0.15, 0.2) is 63.7 Å². The van der Waals surface area contributed by atoms with E-state index in [1.165, 1.54) is 6.07 Å². The van der Waals surface area contributed by atoms with Crippen molar-refractivity contribution >= 4 is 32.8 Å². The van der Waals surface area contributed by atoms with Gasteiger partial charge in [-0.15, -0.1) is 0 Å². The molecule has 0 bridgehead atoms. The highest BCUT2D eigenvalue weighted by Gasteiger charge is 2.15. The maximum atomic E-state index is 11.0. The van der Waals surface area contributed by atoms with Crippen LogP contribution in [0.25, 0.3) is 22.2 Å². The fraction of sp³-hybridized carbons (Fsp3) is 0.0500. The molecule has 0 aliphatic carbocycles. The number of hydrogen-bond acceptors (Lipinski definition) is 4. The number of aromatic nitrogens is 2. The maximum Gasteiger partial charge on any atom is 0.358 e. The number of benzene rings is 2. The highest BCUT2D eigenvalue weighted by Crippen LogP contribution is 2.29. The van der Waals surface area contributed by atoms with E-state index in [1.807, 2.05) is 53.2 Å². The molecule has 0 aliphatic rings. The van der Waals surface area contributed by atoms with E-state index >= 15 is 0 Å². The molecule has 0 fully saturated rings. The molecule has 4 aromatic rings. The van der Waals surface area contributed by atoms with E-state index in [-0.39, 0.29) is 5.69 Å². The Kier molecular flexibility index (Phi) is 4.26. The number of carboxylic acids is 1. The van der Waals surface area contributed by atoms with E-state index in [0.29, 0.717) is 23.4 Å². The molecule has 27 heavy (non-hydrogen) atoms. The minimum Gasteiger partial charge on any atom is -0.476 e. The second-order valence-corrected chi connectivity index (χ2v) is 6.94.